The molecule has 0 saturated carbocycles. The van der Waals surface area contributed by atoms with Gasteiger partial charge in [-0.2, -0.15) is 0 Å². The van der Waals surface area contributed by atoms with E-state index in [-0.39, 0.29) is 0 Å². The van der Waals surface area contributed by atoms with Gasteiger partial charge in [0.05, 0.1) is 0 Å². The van der Waals surface area contributed by atoms with Crippen LogP contribution in [0.5, 0.6) is 5.75 Å². The third kappa shape index (κ3) is 1.87. The van der Waals surface area contributed by atoms with Gasteiger partial charge in [-0.05, 0) is 0 Å². The van der Waals surface area contributed by atoms with Crippen LogP contribution in [0, 0.1) is 40.7 Å². The predicted octanol–water partition coefficient (Wildman–Crippen LogP) is 3.16. The van der Waals surface area contributed by atoms with Crippen molar-refractivity contribution in [1.29, 1.82) is 0 Å². The van der Waals surface area contributed by atoms with E-state index in [1.165, 1.54) is 0 Å². The van der Waals surface area contributed by atoms with Crippen LogP contribution in [0.3, 0.4) is 0 Å². The number of rotatable bonds is 2. The van der Waals surface area contributed by atoms with Crippen molar-refractivity contribution in [3.8, 4) is 5.75 Å². The summed E-state index contributed by atoms with van der Waals surface area (Å²) < 4.78 is 107. The van der Waals surface area contributed by atoms with Gasteiger partial charge in [0.1, 0.15) is 0 Å². The number of hydrogen-bond donors (Lipinski definition) is 0. The zero-order valence-electron chi connectivity index (χ0n) is 9.04. The van der Waals surface area contributed by atoms with Crippen LogP contribution in [0.1, 0.15) is 0 Å². The van der Waals surface area contributed by atoms with Gasteiger partial charge in [0.25, 0.3) is 0 Å². The molecule has 2 aromatic carbocycles. The molecule has 0 aliphatic carbocycles. The monoisotopic (exact) mass is 312 g/mol. The summed E-state index contributed by atoms with van der Waals surface area (Å²) in [6, 6.07) is 0. The molecule has 10 heteroatoms. The first-order valence-electron chi connectivity index (χ1n) is 4.75. The fourth-order valence-electron chi connectivity index (χ4n) is 1.63. The third-order valence-corrected chi connectivity index (χ3v) is 2.80. The number of halogens is 7. The van der Waals surface area contributed by atoms with E-state index in [9.17, 15) is 34.5 Å². The Morgan fingerprint density at radius 3 is 1.45 bits per heavy atom. The molecule has 0 heterocycles. The van der Waals surface area contributed by atoms with Crippen LogP contribution in [0.15, 0.2) is 0 Å². The van der Waals surface area contributed by atoms with E-state index in [1.807, 2.05) is 0 Å². The Labute approximate surface area is 112 Å². The summed E-state index contributed by atoms with van der Waals surface area (Å²) in [7, 11) is 0. The van der Waals surface area contributed by atoms with Crippen molar-refractivity contribution in [3.63, 3.8) is 0 Å². The van der Waals surface area contributed by atoms with Crippen LogP contribution in [-0.2, 0) is 3.80 Å². The fraction of sp³-hybridized carbons (Fsp3) is 0. The average Bonchev–Trinajstić information content (AvgIpc) is 2.43. The number of hydrogen-bond acceptors (Lipinski definition) is 2. The Bertz CT molecular complexity index is 739. The molecule has 0 radical (unpaired) electrons. The summed E-state index contributed by atoms with van der Waals surface area (Å²) in [5.41, 5.74) is 0. The molecule has 104 valence electrons. The van der Waals surface area contributed by atoms with Gasteiger partial charge in [0.15, 0.2) is 0 Å². The van der Waals surface area contributed by atoms with Crippen LogP contribution in [0.4, 0.5) is 30.7 Å². The van der Waals surface area contributed by atoms with Gasteiger partial charge in [-0.25, -0.2) is 0 Å². The van der Waals surface area contributed by atoms with Crippen molar-refractivity contribution < 1.29 is 38.3 Å². The molecule has 2 rings (SSSR count). The van der Waals surface area contributed by atoms with Gasteiger partial charge >= 0.3 is 111 Å². The predicted molar refractivity (Wildman–Crippen MR) is 50.7 cm³/mol. The van der Waals surface area contributed by atoms with E-state index in [0.29, 0.717) is 0 Å². The molecule has 0 aliphatic heterocycles. The first kappa shape index (κ1) is 14.7. The normalized spacial score (nSPS) is 10.8. The Hall–Kier alpha value is -1.66. The van der Waals surface area contributed by atoms with E-state index in [1.54, 1.807) is 0 Å². The molecule has 0 aliphatic rings. The van der Waals surface area contributed by atoms with Gasteiger partial charge in [-0.3, -0.25) is 0 Å². The van der Waals surface area contributed by atoms with Crippen molar-refractivity contribution >= 4 is 26.3 Å². The van der Waals surface area contributed by atoms with E-state index >= 15 is 0 Å². The maximum atomic E-state index is 13.5. The molecule has 0 spiro atoms. The van der Waals surface area contributed by atoms with Crippen molar-refractivity contribution in [3.05, 3.63) is 40.7 Å². The van der Waals surface area contributed by atoms with Crippen LogP contribution in [0.25, 0.3) is 10.8 Å². The zero-order valence-corrected chi connectivity index (χ0v) is 10.2. The molecule has 0 saturated heterocycles. The standard InChI is InChI=1S/C10HF7O.Al.O/c11-3-1-2(5(13)7(15)6(3)14)10(18)9(17)8(16)4(1)12;;/h18H;;/q;+1;/p-1. The molecule has 2 aromatic rings. The summed E-state index contributed by atoms with van der Waals surface area (Å²) in [6.07, 6.45) is 0. The SMILES string of the molecule is [O]=[Al][O]c1c(F)c(F)c(F)c2c(F)c(F)c(F)c(F)c12. The van der Waals surface area contributed by atoms with Crippen molar-refractivity contribution in [2.75, 3.05) is 0 Å². The minimum absolute atomic E-state index is 1.50. The zero-order chi connectivity index (χ0) is 15.2. The van der Waals surface area contributed by atoms with Gasteiger partial charge in [0, 0.05) is 0 Å². The van der Waals surface area contributed by atoms with Gasteiger partial charge < -0.3 is 0 Å². The maximum absolute atomic E-state index is 13.5. The topological polar surface area (TPSA) is 26.3 Å². The molecule has 0 amide bonds. The number of fused-ring (bicyclic) bond motifs is 1. The molecule has 0 aromatic heterocycles. The third-order valence-electron chi connectivity index (χ3n) is 2.46. The molecule has 0 fully saturated rings. The second-order valence-electron chi connectivity index (χ2n) is 3.49. The molecular formula is C10AlF7O2. The van der Waals surface area contributed by atoms with Gasteiger partial charge in [0.2, 0.25) is 0 Å². The average molecular weight is 312 g/mol. The Kier molecular flexibility index (Phi) is 3.71. The molecular weight excluding hydrogens is 312 g/mol. The first-order valence-corrected chi connectivity index (χ1v) is 5.69. The molecule has 0 N–H and O–H groups in total. The van der Waals surface area contributed by atoms with E-state index in [0.717, 1.165) is 0 Å². The Morgan fingerprint density at radius 2 is 1.00 bits per heavy atom. The van der Waals surface area contributed by atoms with E-state index in [2.05, 4.69) is 3.79 Å². The van der Waals surface area contributed by atoms with Crippen LogP contribution < -0.4 is 3.79 Å². The van der Waals surface area contributed by atoms with Gasteiger partial charge in [-0.15, -0.1) is 0 Å². The van der Waals surface area contributed by atoms with Crippen molar-refractivity contribution in [2.45, 2.75) is 0 Å². The van der Waals surface area contributed by atoms with Crippen LogP contribution in [0.2, 0.25) is 0 Å². The van der Waals surface area contributed by atoms with Gasteiger partial charge in [-0.1, -0.05) is 0 Å². The van der Waals surface area contributed by atoms with E-state index < -0.39 is 72.7 Å². The van der Waals surface area contributed by atoms with E-state index in [4.69, 9.17) is 0 Å². The van der Waals surface area contributed by atoms with Crippen LogP contribution in [-0.4, -0.2) is 15.5 Å². The molecule has 0 unspecified atom stereocenters. The summed E-state index contributed by atoms with van der Waals surface area (Å²) in [5, 5.41) is -3.19. The summed E-state index contributed by atoms with van der Waals surface area (Å²) in [6.45, 7) is 0. The second kappa shape index (κ2) is 5.03. The number of benzene rings is 2. The Balaban J connectivity index is 3.17. The second-order valence-corrected chi connectivity index (χ2v) is 3.92. The fourth-order valence-corrected chi connectivity index (χ4v) is 1.94. The quantitative estimate of drug-likeness (QED) is 0.368. The molecule has 20 heavy (non-hydrogen) atoms. The Morgan fingerprint density at radius 1 is 0.600 bits per heavy atom. The summed E-state index contributed by atoms with van der Waals surface area (Å²) in [4.78, 5) is 0. The minimum atomic E-state index is -2.40. The van der Waals surface area contributed by atoms with Crippen molar-refractivity contribution in [2.24, 2.45) is 0 Å². The van der Waals surface area contributed by atoms with Crippen molar-refractivity contribution in [1.82, 2.24) is 0 Å². The summed E-state index contributed by atoms with van der Waals surface area (Å²) >= 11 is -2.28. The first-order chi connectivity index (χ1) is 9.32. The molecule has 0 atom stereocenters. The summed E-state index contributed by atoms with van der Waals surface area (Å²) in [5.74, 6) is -17.4. The van der Waals surface area contributed by atoms with Crippen LogP contribution >= 0.6 is 0 Å². The molecule has 2 nitrogen and oxygen atoms in total. The molecule has 0 bridgehead atoms.